The molecule has 0 aliphatic carbocycles. The van der Waals surface area contributed by atoms with Crippen LogP contribution in [0.4, 0.5) is 5.82 Å². The fourth-order valence-electron chi connectivity index (χ4n) is 2.66. The molecule has 3 aromatic rings. The monoisotopic (exact) mass is 390 g/mol. The first kappa shape index (κ1) is 19.6. The van der Waals surface area contributed by atoms with Crippen molar-refractivity contribution >= 4 is 34.5 Å². The summed E-state index contributed by atoms with van der Waals surface area (Å²) >= 11 is 1.60. The average molecular weight is 391 g/mol. The van der Waals surface area contributed by atoms with E-state index in [1.807, 2.05) is 49.6 Å². The molecule has 0 aliphatic rings. The van der Waals surface area contributed by atoms with Gasteiger partial charge in [-0.1, -0.05) is 43.0 Å². The third-order valence-electron chi connectivity index (χ3n) is 4.10. The van der Waals surface area contributed by atoms with Gasteiger partial charge in [-0.15, -0.1) is 11.8 Å². The Morgan fingerprint density at radius 2 is 1.86 bits per heavy atom. The molecule has 0 fully saturated rings. The number of carbonyl (C=O) groups is 1. The standard InChI is InChI=1S/C22H22N4OS/c1-14(2)23-12-15(3)22(27)26-19-13-24-20-17(16-8-6-5-7-9-16)10-11-18(28-4)21(20)25-19/h5-13,23H,1H2,2-4H3,(H,25,26,27)/b15-12+. The van der Waals surface area contributed by atoms with Gasteiger partial charge in [0, 0.05) is 27.9 Å². The van der Waals surface area contributed by atoms with Crippen LogP contribution in [0.3, 0.4) is 0 Å². The van der Waals surface area contributed by atoms with E-state index in [2.05, 4.69) is 33.2 Å². The number of nitrogens with one attached hydrogen (secondary N) is 2. The van der Waals surface area contributed by atoms with Crippen LogP contribution in [0.2, 0.25) is 0 Å². The van der Waals surface area contributed by atoms with E-state index in [-0.39, 0.29) is 5.91 Å². The molecule has 0 saturated carbocycles. The molecule has 2 aromatic carbocycles. The lowest BCUT2D eigenvalue weighted by Crippen LogP contribution is -2.16. The molecule has 0 unspecified atom stereocenters. The lowest BCUT2D eigenvalue weighted by atomic mass is 10.0. The molecule has 6 heteroatoms. The summed E-state index contributed by atoms with van der Waals surface area (Å²) in [6, 6.07) is 14.2. The summed E-state index contributed by atoms with van der Waals surface area (Å²) in [4.78, 5) is 22.7. The Kier molecular flexibility index (Phi) is 6.11. The van der Waals surface area contributed by atoms with Crippen molar-refractivity contribution in [1.82, 2.24) is 15.3 Å². The summed E-state index contributed by atoms with van der Waals surface area (Å²) in [5.74, 6) is 0.174. The second-order valence-corrected chi connectivity index (χ2v) is 7.19. The molecular formula is C22H22N4OS. The molecule has 0 saturated heterocycles. The minimum absolute atomic E-state index is 0.243. The number of allylic oxidation sites excluding steroid dienone is 1. The number of nitrogens with zero attached hydrogens (tertiary/aromatic N) is 2. The number of carbonyl (C=O) groups excluding carboxylic acids is 1. The van der Waals surface area contributed by atoms with Crippen LogP contribution >= 0.6 is 11.8 Å². The third-order valence-corrected chi connectivity index (χ3v) is 4.87. The van der Waals surface area contributed by atoms with Crippen LogP contribution < -0.4 is 10.6 Å². The minimum Gasteiger partial charge on any atom is -0.365 e. The van der Waals surface area contributed by atoms with Gasteiger partial charge in [-0.25, -0.2) is 4.98 Å². The molecule has 142 valence electrons. The van der Waals surface area contributed by atoms with Crippen LogP contribution in [0, 0.1) is 0 Å². The van der Waals surface area contributed by atoms with Crippen LogP contribution in [-0.4, -0.2) is 22.1 Å². The first-order chi connectivity index (χ1) is 13.5. The third kappa shape index (κ3) is 4.40. The normalized spacial score (nSPS) is 11.3. The zero-order valence-corrected chi connectivity index (χ0v) is 16.9. The van der Waals surface area contributed by atoms with E-state index in [1.54, 1.807) is 31.1 Å². The first-order valence-corrected chi connectivity index (χ1v) is 10.0. The van der Waals surface area contributed by atoms with Gasteiger partial charge in [-0.3, -0.25) is 9.78 Å². The lowest BCUT2D eigenvalue weighted by molar-refractivity contribution is -0.112. The summed E-state index contributed by atoms with van der Waals surface area (Å²) in [7, 11) is 0. The van der Waals surface area contributed by atoms with E-state index in [0.717, 1.165) is 32.8 Å². The summed E-state index contributed by atoms with van der Waals surface area (Å²) in [6.07, 6.45) is 5.21. The number of hydrogen-bond acceptors (Lipinski definition) is 5. The molecule has 1 aromatic heterocycles. The van der Waals surface area contributed by atoms with Gasteiger partial charge in [0.15, 0.2) is 5.82 Å². The molecule has 1 amide bonds. The molecule has 2 N–H and O–H groups in total. The van der Waals surface area contributed by atoms with Gasteiger partial charge in [0.05, 0.1) is 11.7 Å². The Morgan fingerprint density at radius 1 is 1.11 bits per heavy atom. The Bertz CT molecular complexity index is 1060. The van der Waals surface area contributed by atoms with Crippen molar-refractivity contribution in [3.05, 3.63) is 72.7 Å². The van der Waals surface area contributed by atoms with Crippen LogP contribution in [0.5, 0.6) is 0 Å². The lowest BCUT2D eigenvalue weighted by Gasteiger charge is -2.11. The van der Waals surface area contributed by atoms with Crippen molar-refractivity contribution in [1.29, 1.82) is 0 Å². The second kappa shape index (κ2) is 8.71. The Hall–Kier alpha value is -3.12. The molecule has 5 nitrogen and oxygen atoms in total. The molecule has 0 radical (unpaired) electrons. The minimum atomic E-state index is -0.243. The average Bonchev–Trinajstić information content (AvgIpc) is 2.71. The summed E-state index contributed by atoms with van der Waals surface area (Å²) in [6.45, 7) is 7.29. The van der Waals surface area contributed by atoms with Crippen molar-refractivity contribution in [3.8, 4) is 11.1 Å². The predicted molar refractivity (Wildman–Crippen MR) is 117 cm³/mol. The van der Waals surface area contributed by atoms with Crippen molar-refractivity contribution in [2.45, 2.75) is 18.7 Å². The van der Waals surface area contributed by atoms with Crippen molar-refractivity contribution in [3.63, 3.8) is 0 Å². The smallest absolute Gasteiger partial charge is 0.253 e. The SMILES string of the molecule is C=C(C)N/C=C(\C)C(=O)Nc1cnc2c(-c3ccccc3)ccc(SC)c2n1. The number of thioether (sulfide) groups is 1. The topological polar surface area (TPSA) is 66.9 Å². The first-order valence-electron chi connectivity index (χ1n) is 8.79. The quantitative estimate of drug-likeness (QED) is 0.459. The van der Waals surface area contributed by atoms with Gasteiger partial charge < -0.3 is 10.6 Å². The van der Waals surface area contributed by atoms with Crippen LogP contribution in [-0.2, 0) is 4.79 Å². The number of benzene rings is 2. The second-order valence-electron chi connectivity index (χ2n) is 6.34. The molecule has 0 bridgehead atoms. The molecule has 0 aliphatic heterocycles. The van der Waals surface area contributed by atoms with E-state index in [0.29, 0.717) is 11.4 Å². The maximum Gasteiger partial charge on any atom is 0.253 e. The summed E-state index contributed by atoms with van der Waals surface area (Å²) in [5, 5.41) is 5.74. The summed E-state index contributed by atoms with van der Waals surface area (Å²) < 4.78 is 0. The number of hydrogen-bond donors (Lipinski definition) is 2. The highest BCUT2D eigenvalue weighted by molar-refractivity contribution is 7.98. The maximum atomic E-state index is 12.4. The Morgan fingerprint density at radius 3 is 2.54 bits per heavy atom. The highest BCUT2D eigenvalue weighted by Crippen LogP contribution is 2.32. The van der Waals surface area contributed by atoms with E-state index < -0.39 is 0 Å². The number of rotatable bonds is 6. The van der Waals surface area contributed by atoms with E-state index in [4.69, 9.17) is 0 Å². The zero-order valence-electron chi connectivity index (χ0n) is 16.1. The van der Waals surface area contributed by atoms with Gasteiger partial charge in [-0.2, -0.15) is 0 Å². The predicted octanol–water partition coefficient (Wildman–Crippen LogP) is 4.98. The van der Waals surface area contributed by atoms with E-state index in [1.165, 1.54) is 0 Å². The molecule has 0 atom stereocenters. The molecule has 0 spiro atoms. The van der Waals surface area contributed by atoms with Gasteiger partial charge in [0.1, 0.15) is 5.52 Å². The highest BCUT2D eigenvalue weighted by atomic mass is 32.2. The summed E-state index contributed by atoms with van der Waals surface area (Å²) in [5.41, 5.74) is 4.96. The maximum absolute atomic E-state index is 12.4. The molecule has 3 rings (SSSR count). The molecule has 28 heavy (non-hydrogen) atoms. The number of anilines is 1. The highest BCUT2D eigenvalue weighted by Gasteiger charge is 2.13. The van der Waals surface area contributed by atoms with Crippen LogP contribution in [0.1, 0.15) is 13.8 Å². The van der Waals surface area contributed by atoms with Crippen molar-refractivity contribution in [2.75, 3.05) is 11.6 Å². The van der Waals surface area contributed by atoms with Gasteiger partial charge >= 0.3 is 0 Å². The van der Waals surface area contributed by atoms with Crippen LogP contribution in [0.25, 0.3) is 22.2 Å². The van der Waals surface area contributed by atoms with E-state index >= 15 is 0 Å². The van der Waals surface area contributed by atoms with Crippen molar-refractivity contribution in [2.24, 2.45) is 0 Å². The molecule has 1 heterocycles. The molecular weight excluding hydrogens is 368 g/mol. The van der Waals surface area contributed by atoms with Crippen LogP contribution in [0.15, 0.2) is 77.6 Å². The van der Waals surface area contributed by atoms with Gasteiger partial charge in [0.25, 0.3) is 5.91 Å². The number of aromatic nitrogens is 2. The van der Waals surface area contributed by atoms with E-state index in [9.17, 15) is 4.79 Å². The number of fused-ring (bicyclic) bond motifs is 1. The Labute approximate surface area is 169 Å². The Balaban J connectivity index is 1.98. The fourth-order valence-corrected chi connectivity index (χ4v) is 3.20. The zero-order chi connectivity index (χ0) is 20.1. The van der Waals surface area contributed by atoms with Crippen molar-refractivity contribution < 1.29 is 4.79 Å². The van der Waals surface area contributed by atoms with Gasteiger partial charge in [0.2, 0.25) is 0 Å². The largest absolute Gasteiger partial charge is 0.365 e. The fraction of sp³-hybridized carbons (Fsp3) is 0.136. The van der Waals surface area contributed by atoms with Gasteiger partial charge in [-0.05, 0) is 31.7 Å². The number of amides is 1.